The number of esters is 1. The molecule has 0 saturated heterocycles. The third-order valence-electron chi connectivity index (χ3n) is 1.73. The van der Waals surface area contributed by atoms with E-state index in [1.54, 1.807) is 6.92 Å². The summed E-state index contributed by atoms with van der Waals surface area (Å²) in [6.07, 6.45) is 2.47. The Morgan fingerprint density at radius 2 is 2.53 bits per heavy atom. The molecule has 0 aliphatic carbocycles. The Morgan fingerprint density at radius 1 is 1.67 bits per heavy atom. The summed E-state index contributed by atoms with van der Waals surface area (Å²) >= 11 is 0. The van der Waals surface area contributed by atoms with Gasteiger partial charge >= 0.3 is 5.97 Å². The van der Waals surface area contributed by atoms with E-state index in [1.165, 1.54) is 6.39 Å². The molecule has 1 heterocycles. The summed E-state index contributed by atoms with van der Waals surface area (Å²) in [6, 6.07) is 0. The van der Waals surface area contributed by atoms with Gasteiger partial charge < -0.3 is 14.6 Å². The number of ether oxygens (including phenoxy) is 1. The van der Waals surface area contributed by atoms with Gasteiger partial charge in [-0.1, -0.05) is 5.16 Å². The maximum Gasteiger partial charge on any atom is 0.305 e. The summed E-state index contributed by atoms with van der Waals surface area (Å²) in [5.41, 5.74) is 0. The number of aromatic nitrogens is 2. The van der Waals surface area contributed by atoms with E-state index >= 15 is 0 Å². The minimum Gasteiger partial charge on any atom is -0.466 e. The molecule has 0 aliphatic rings. The van der Waals surface area contributed by atoms with Gasteiger partial charge in [0.05, 0.1) is 13.2 Å². The second kappa shape index (κ2) is 6.94. The highest BCUT2D eigenvalue weighted by molar-refractivity contribution is 5.69. The van der Waals surface area contributed by atoms with Gasteiger partial charge in [-0.3, -0.25) is 4.79 Å². The van der Waals surface area contributed by atoms with Crippen LogP contribution in [0.2, 0.25) is 0 Å². The molecule has 0 saturated carbocycles. The van der Waals surface area contributed by atoms with Crippen LogP contribution in [0, 0.1) is 0 Å². The van der Waals surface area contributed by atoms with Crippen molar-refractivity contribution < 1.29 is 14.1 Å². The maximum absolute atomic E-state index is 10.9. The third kappa shape index (κ3) is 5.11. The Balaban J connectivity index is 1.95. The van der Waals surface area contributed by atoms with Crippen molar-refractivity contribution in [2.24, 2.45) is 0 Å². The van der Waals surface area contributed by atoms with Gasteiger partial charge in [0.2, 0.25) is 6.39 Å². The zero-order valence-corrected chi connectivity index (χ0v) is 8.73. The zero-order valence-electron chi connectivity index (χ0n) is 8.73. The molecule has 0 amide bonds. The highest BCUT2D eigenvalue weighted by atomic mass is 16.5. The van der Waals surface area contributed by atoms with Crippen LogP contribution >= 0.6 is 0 Å². The van der Waals surface area contributed by atoms with Gasteiger partial charge in [-0.15, -0.1) is 0 Å². The number of nitrogens with zero attached hydrogens (tertiary/aromatic N) is 2. The SMILES string of the molecule is CCOC(=O)CCCNCc1ncon1. The fraction of sp³-hybridized carbons (Fsp3) is 0.667. The van der Waals surface area contributed by atoms with E-state index in [9.17, 15) is 4.79 Å². The fourth-order valence-corrected chi connectivity index (χ4v) is 1.06. The Labute approximate surface area is 88.0 Å². The smallest absolute Gasteiger partial charge is 0.305 e. The molecule has 15 heavy (non-hydrogen) atoms. The summed E-state index contributed by atoms with van der Waals surface area (Å²) in [7, 11) is 0. The molecular formula is C9H15N3O3. The Hall–Kier alpha value is -1.43. The maximum atomic E-state index is 10.9. The number of nitrogens with one attached hydrogen (secondary N) is 1. The van der Waals surface area contributed by atoms with E-state index in [0.29, 0.717) is 25.4 Å². The molecule has 1 rings (SSSR count). The Kier molecular flexibility index (Phi) is 5.39. The molecule has 1 aromatic rings. The van der Waals surface area contributed by atoms with E-state index in [1.807, 2.05) is 0 Å². The van der Waals surface area contributed by atoms with E-state index in [0.717, 1.165) is 13.0 Å². The van der Waals surface area contributed by atoms with Gasteiger partial charge in [0, 0.05) is 6.42 Å². The number of carbonyl (C=O) groups is 1. The van der Waals surface area contributed by atoms with Crippen molar-refractivity contribution in [1.29, 1.82) is 0 Å². The molecule has 1 N–H and O–H groups in total. The minimum absolute atomic E-state index is 0.154. The molecule has 1 aromatic heterocycles. The van der Waals surface area contributed by atoms with Crippen LogP contribution in [-0.2, 0) is 16.1 Å². The average Bonchev–Trinajstić information content (AvgIpc) is 2.70. The van der Waals surface area contributed by atoms with Gasteiger partial charge in [0.25, 0.3) is 0 Å². The van der Waals surface area contributed by atoms with Crippen LogP contribution in [0.25, 0.3) is 0 Å². The van der Waals surface area contributed by atoms with Gasteiger partial charge in [0.15, 0.2) is 5.82 Å². The Bertz CT molecular complexity index is 274. The lowest BCUT2D eigenvalue weighted by Gasteiger charge is -2.02. The Morgan fingerprint density at radius 3 is 3.20 bits per heavy atom. The van der Waals surface area contributed by atoms with Gasteiger partial charge in [0.1, 0.15) is 0 Å². The minimum atomic E-state index is -0.154. The van der Waals surface area contributed by atoms with Crippen LogP contribution in [0.5, 0.6) is 0 Å². The lowest BCUT2D eigenvalue weighted by Crippen LogP contribution is -2.17. The highest BCUT2D eigenvalue weighted by Gasteiger charge is 2.01. The van der Waals surface area contributed by atoms with Gasteiger partial charge in [-0.25, -0.2) is 0 Å². The standard InChI is InChI=1S/C9H15N3O3/c1-2-14-9(13)4-3-5-10-6-8-11-7-15-12-8/h7,10H,2-6H2,1H3. The van der Waals surface area contributed by atoms with Crippen LogP contribution in [0.4, 0.5) is 0 Å². The predicted octanol–water partition coefficient (Wildman–Crippen LogP) is 0.502. The normalized spacial score (nSPS) is 10.2. The van der Waals surface area contributed by atoms with Gasteiger partial charge in [-0.2, -0.15) is 4.98 Å². The first-order valence-corrected chi connectivity index (χ1v) is 4.94. The molecule has 0 fully saturated rings. The van der Waals surface area contributed by atoms with Crippen molar-refractivity contribution in [1.82, 2.24) is 15.5 Å². The van der Waals surface area contributed by atoms with Gasteiger partial charge in [-0.05, 0) is 19.9 Å². The summed E-state index contributed by atoms with van der Waals surface area (Å²) in [4.78, 5) is 14.8. The molecule has 0 spiro atoms. The average molecular weight is 213 g/mol. The zero-order chi connectivity index (χ0) is 10.9. The summed E-state index contributed by atoms with van der Waals surface area (Å²) in [5.74, 6) is 0.463. The lowest BCUT2D eigenvalue weighted by molar-refractivity contribution is -0.143. The van der Waals surface area contributed by atoms with E-state index in [4.69, 9.17) is 4.74 Å². The van der Waals surface area contributed by atoms with E-state index in [2.05, 4.69) is 20.0 Å². The molecule has 84 valence electrons. The molecule has 6 heteroatoms. The number of carbonyl (C=O) groups excluding carboxylic acids is 1. The first kappa shape index (κ1) is 11.6. The van der Waals surface area contributed by atoms with Crippen LogP contribution < -0.4 is 5.32 Å². The molecule has 0 aromatic carbocycles. The monoisotopic (exact) mass is 213 g/mol. The molecule has 6 nitrogen and oxygen atoms in total. The van der Waals surface area contributed by atoms with Crippen LogP contribution in [0.3, 0.4) is 0 Å². The first-order valence-electron chi connectivity index (χ1n) is 4.94. The summed E-state index contributed by atoms with van der Waals surface area (Å²) < 4.78 is 9.35. The third-order valence-corrected chi connectivity index (χ3v) is 1.73. The van der Waals surface area contributed by atoms with Crippen molar-refractivity contribution in [3.63, 3.8) is 0 Å². The van der Waals surface area contributed by atoms with Crippen LogP contribution in [0.1, 0.15) is 25.6 Å². The van der Waals surface area contributed by atoms with Crippen molar-refractivity contribution >= 4 is 5.97 Å². The molecule has 0 atom stereocenters. The van der Waals surface area contributed by atoms with Crippen molar-refractivity contribution in [3.8, 4) is 0 Å². The first-order chi connectivity index (χ1) is 7.33. The van der Waals surface area contributed by atoms with E-state index in [-0.39, 0.29) is 5.97 Å². The van der Waals surface area contributed by atoms with Crippen LogP contribution in [0.15, 0.2) is 10.9 Å². The number of hydrogen-bond acceptors (Lipinski definition) is 6. The summed E-state index contributed by atoms with van der Waals surface area (Å²) in [5, 5.41) is 6.73. The predicted molar refractivity (Wildman–Crippen MR) is 51.9 cm³/mol. The molecular weight excluding hydrogens is 198 g/mol. The largest absolute Gasteiger partial charge is 0.466 e. The van der Waals surface area contributed by atoms with E-state index < -0.39 is 0 Å². The lowest BCUT2D eigenvalue weighted by atomic mass is 10.3. The molecule has 0 radical (unpaired) electrons. The highest BCUT2D eigenvalue weighted by Crippen LogP contribution is 1.92. The van der Waals surface area contributed by atoms with Crippen molar-refractivity contribution in [2.75, 3.05) is 13.2 Å². The summed E-state index contributed by atoms with van der Waals surface area (Å²) in [6.45, 7) is 3.52. The number of rotatable bonds is 7. The van der Waals surface area contributed by atoms with Crippen molar-refractivity contribution in [3.05, 3.63) is 12.2 Å². The molecule has 0 bridgehead atoms. The fourth-order valence-electron chi connectivity index (χ4n) is 1.06. The second-order valence-electron chi connectivity index (χ2n) is 2.93. The topological polar surface area (TPSA) is 77.2 Å². The molecule has 0 unspecified atom stereocenters. The number of hydrogen-bond donors (Lipinski definition) is 1. The van der Waals surface area contributed by atoms with Crippen LogP contribution in [-0.4, -0.2) is 29.3 Å². The van der Waals surface area contributed by atoms with Crippen molar-refractivity contribution in [2.45, 2.75) is 26.3 Å². The second-order valence-corrected chi connectivity index (χ2v) is 2.93. The molecule has 0 aliphatic heterocycles. The quantitative estimate of drug-likeness (QED) is 0.525.